The minimum Gasteiger partial charge on any atom is -0.381 e. The first-order chi connectivity index (χ1) is 6.24. The van der Waals surface area contributed by atoms with Crippen molar-refractivity contribution in [2.45, 2.75) is 33.6 Å². The molecule has 1 rings (SSSR count). The lowest BCUT2D eigenvalue weighted by Gasteiger charge is -2.22. The van der Waals surface area contributed by atoms with Gasteiger partial charge in [0.05, 0.1) is 0 Å². The van der Waals surface area contributed by atoms with Crippen molar-refractivity contribution in [2.24, 2.45) is 10.9 Å². The molecule has 0 atom stereocenters. The number of ether oxygens (including phenoxy) is 1. The third kappa shape index (κ3) is 3.31. The Hall–Kier alpha value is -0.630. The number of aliphatic imine (C=N–C) groups is 1. The van der Waals surface area contributed by atoms with Gasteiger partial charge in [-0.05, 0) is 33.6 Å². The van der Waals surface area contributed by atoms with Crippen LogP contribution in [-0.4, -0.2) is 18.9 Å². The Bertz CT molecular complexity index is 208. The van der Waals surface area contributed by atoms with Crippen LogP contribution in [0.2, 0.25) is 0 Å². The minimum absolute atomic E-state index is 0.619. The third-order valence-electron chi connectivity index (χ3n) is 2.29. The zero-order chi connectivity index (χ0) is 9.68. The van der Waals surface area contributed by atoms with Crippen LogP contribution < -0.4 is 0 Å². The lowest BCUT2D eigenvalue weighted by Crippen LogP contribution is -2.17. The zero-order valence-electron chi connectivity index (χ0n) is 8.84. The molecule has 0 radical (unpaired) electrons. The first-order valence-corrected chi connectivity index (χ1v) is 5.00. The summed E-state index contributed by atoms with van der Waals surface area (Å²) in [4.78, 5) is 4.54. The van der Waals surface area contributed by atoms with Gasteiger partial charge in [-0.25, -0.2) is 0 Å². The molecule has 0 amide bonds. The summed E-state index contributed by atoms with van der Waals surface area (Å²) in [6.07, 6.45) is 4.37. The van der Waals surface area contributed by atoms with Gasteiger partial charge < -0.3 is 4.74 Å². The van der Waals surface area contributed by atoms with Crippen LogP contribution in [0.5, 0.6) is 0 Å². The lowest BCUT2D eigenvalue weighted by molar-refractivity contribution is 0.0754. The van der Waals surface area contributed by atoms with Gasteiger partial charge in [0.25, 0.3) is 0 Å². The van der Waals surface area contributed by atoms with Crippen molar-refractivity contribution in [3.8, 4) is 0 Å². The van der Waals surface area contributed by atoms with E-state index in [2.05, 4.69) is 18.0 Å². The van der Waals surface area contributed by atoms with Gasteiger partial charge in [0.2, 0.25) is 0 Å². The van der Waals surface area contributed by atoms with Crippen molar-refractivity contribution in [1.82, 2.24) is 0 Å². The standard InChI is InChI=1S/C11H19NO/c1-4-11(12-9(2)3)10-5-7-13-8-6-10/h4,10H,5-8H2,1-3H3/b11-4-. The Labute approximate surface area is 80.7 Å². The molecular weight excluding hydrogens is 162 g/mol. The molecule has 0 aromatic heterocycles. The SMILES string of the molecule is C/C=C(\N=C(C)C)C1CCOCC1. The molecule has 2 heteroatoms. The van der Waals surface area contributed by atoms with Crippen molar-refractivity contribution < 1.29 is 4.74 Å². The van der Waals surface area contributed by atoms with Crippen LogP contribution in [0.3, 0.4) is 0 Å². The Morgan fingerprint density at radius 1 is 1.31 bits per heavy atom. The molecule has 1 fully saturated rings. The van der Waals surface area contributed by atoms with Gasteiger partial charge in [-0.2, -0.15) is 0 Å². The van der Waals surface area contributed by atoms with E-state index in [1.165, 1.54) is 5.70 Å². The average molecular weight is 181 g/mol. The van der Waals surface area contributed by atoms with Crippen LogP contribution in [0, 0.1) is 5.92 Å². The molecule has 2 nitrogen and oxygen atoms in total. The van der Waals surface area contributed by atoms with E-state index >= 15 is 0 Å². The quantitative estimate of drug-likeness (QED) is 0.600. The first-order valence-electron chi connectivity index (χ1n) is 5.00. The number of hydrogen-bond acceptors (Lipinski definition) is 2. The molecular formula is C11H19NO. The van der Waals surface area contributed by atoms with Crippen LogP contribution in [0.4, 0.5) is 0 Å². The molecule has 0 aromatic carbocycles. The molecule has 0 N–H and O–H groups in total. The molecule has 0 aliphatic carbocycles. The number of nitrogens with zero attached hydrogens (tertiary/aromatic N) is 1. The molecule has 1 aliphatic rings. The van der Waals surface area contributed by atoms with E-state index in [1.54, 1.807) is 0 Å². The highest BCUT2D eigenvalue weighted by atomic mass is 16.5. The second-order valence-corrected chi connectivity index (χ2v) is 3.66. The first kappa shape index (κ1) is 10.5. The van der Waals surface area contributed by atoms with Crippen molar-refractivity contribution in [2.75, 3.05) is 13.2 Å². The molecule has 13 heavy (non-hydrogen) atoms. The number of rotatable bonds is 2. The van der Waals surface area contributed by atoms with Gasteiger partial charge in [-0.1, -0.05) is 6.08 Å². The van der Waals surface area contributed by atoms with Gasteiger partial charge in [-0.15, -0.1) is 0 Å². The predicted octanol–water partition coefficient (Wildman–Crippen LogP) is 2.80. The summed E-state index contributed by atoms with van der Waals surface area (Å²) >= 11 is 0. The van der Waals surface area contributed by atoms with Crippen LogP contribution in [0.1, 0.15) is 33.6 Å². The highest BCUT2D eigenvalue weighted by Gasteiger charge is 2.16. The Balaban J connectivity index is 2.60. The Morgan fingerprint density at radius 3 is 2.38 bits per heavy atom. The molecule has 0 bridgehead atoms. The topological polar surface area (TPSA) is 21.6 Å². The lowest BCUT2D eigenvalue weighted by atomic mass is 9.96. The Morgan fingerprint density at radius 2 is 1.92 bits per heavy atom. The molecule has 0 spiro atoms. The fourth-order valence-corrected chi connectivity index (χ4v) is 1.64. The molecule has 74 valence electrons. The summed E-state index contributed by atoms with van der Waals surface area (Å²) < 4.78 is 5.32. The predicted molar refractivity (Wildman–Crippen MR) is 56.1 cm³/mol. The molecule has 1 saturated heterocycles. The number of hydrogen-bond donors (Lipinski definition) is 0. The molecule has 1 heterocycles. The average Bonchev–Trinajstić information content (AvgIpc) is 2.15. The highest BCUT2D eigenvalue weighted by molar-refractivity contribution is 5.80. The number of allylic oxidation sites excluding steroid dienone is 2. The molecule has 1 aliphatic heterocycles. The summed E-state index contributed by atoms with van der Waals surface area (Å²) in [6, 6.07) is 0. The van der Waals surface area contributed by atoms with E-state index in [4.69, 9.17) is 4.74 Å². The van der Waals surface area contributed by atoms with Crippen molar-refractivity contribution in [3.63, 3.8) is 0 Å². The molecule has 0 saturated carbocycles. The van der Waals surface area contributed by atoms with E-state index in [0.717, 1.165) is 31.8 Å². The van der Waals surface area contributed by atoms with E-state index in [0.29, 0.717) is 5.92 Å². The van der Waals surface area contributed by atoms with Crippen LogP contribution in [0.15, 0.2) is 16.8 Å². The Kier molecular flexibility index (Phi) is 4.16. The molecule has 0 aromatic rings. The largest absolute Gasteiger partial charge is 0.381 e. The normalized spacial score (nSPS) is 20.1. The second-order valence-electron chi connectivity index (χ2n) is 3.66. The van der Waals surface area contributed by atoms with Crippen LogP contribution in [-0.2, 0) is 4.74 Å². The maximum atomic E-state index is 5.32. The summed E-state index contributed by atoms with van der Waals surface area (Å²) in [5.74, 6) is 0.619. The van der Waals surface area contributed by atoms with E-state index in [9.17, 15) is 0 Å². The summed E-state index contributed by atoms with van der Waals surface area (Å²) in [5, 5.41) is 0. The van der Waals surface area contributed by atoms with Gasteiger partial charge in [-0.3, -0.25) is 4.99 Å². The molecule has 0 unspecified atom stereocenters. The highest BCUT2D eigenvalue weighted by Crippen LogP contribution is 2.24. The summed E-state index contributed by atoms with van der Waals surface area (Å²) in [5.41, 5.74) is 2.38. The van der Waals surface area contributed by atoms with Gasteiger partial charge in [0.15, 0.2) is 0 Å². The smallest absolute Gasteiger partial charge is 0.0472 e. The third-order valence-corrected chi connectivity index (χ3v) is 2.29. The van der Waals surface area contributed by atoms with E-state index in [-0.39, 0.29) is 0 Å². The maximum absolute atomic E-state index is 5.32. The van der Waals surface area contributed by atoms with Crippen molar-refractivity contribution in [1.29, 1.82) is 0 Å². The van der Waals surface area contributed by atoms with Crippen molar-refractivity contribution in [3.05, 3.63) is 11.8 Å². The van der Waals surface area contributed by atoms with E-state index in [1.807, 2.05) is 13.8 Å². The minimum atomic E-state index is 0.619. The van der Waals surface area contributed by atoms with Crippen LogP contribution >= 0.6 is 0 Å². The second kappa shape index (κ2) is 5.18. The fourth-order valence-electron chi connectivity index (χ4n) is 1.64. The van der Waals surface area contributed by atoms with Crippen molar-refractivity contribution >= 4 is 5.71 Å². The van der Waals surface area contributed by atoms with Gasteiger partial charge >= 0.3 is 0 Å². The van der Waals surface area contributed by atoms with Gasteiger partial charge in [0.1, 0.15) is 0 Å². The monoisotopic (exact) mass is 181 g/mol. The fraction of sp³-hybridized carbons (Fsp3) is 0.727. The van der Waals surface area contributed by atoms with Crippen LogP contribution in [0.25, 0.3) is 0 Å². The zero-order valence-corrected chi connectivity index (χ0v) is 8.84. The summed E-state index contributed by atoms with van der Waals surface area (Å²) in [6.45, 7) is 7.93. The van der Waals surface area contributed by atoms with Gasteiger partial charge in [0, 0.05) is 30.5 Å². The summed E-state index contributed by atoms with van der Waals surface area (Å²) in [7, 11) is 0. The maximum Gasteiger partial charge on any atom is 0.0472 e. The van der Waals surface area contributed by atoms with E-state index < -0.39 is 0 Å².